The topological polar surface area (TPSA) is 61.8 Å². The number of hydrogen-bond acceptors (Lipinski definition) is 3. The molecule has 2 saturated carbocycles. The minimum Gasteiger partial charge on any atom is -0.352 e. The fourth-order valence-electron chi connectivity index (χ4n) is 6.09. The van der Waals surface area contributed by atoms with Gasteiger partial charge in [0.15, 0.2) is 0 Å². The van der Waals surface area contributed by atoms with Gasteiger partial charge in [-0.2, -0.15) is 13.2 Å². The lowest BCUT2D eigenvalue weighted by Gasteiger charge is -2.45. The number of amides is 2. The molecule has 8 heteroatoms. The number of alkyl halides is 3. The summed E-state index contributed by atoms with van der Waals surface area (Å²) in [6.45, 7) is 4.54. The Balaban J connectivity index is 1.47. The molecule has 0 bridgehead atoms. The van der Waals surface area contributed by atoms with Crippen LogP contribution in [0.5, 0.6) is 0 Å². The van der Waals surface area contributed by atoms with Gasteiger partial charge in [0.2, 0.25) is 0 Å². The average Bonchev–Trinajstić information content (AvgIpc) is 3.75. The molecule has 1 spiro atoms. The molecular formula is C31H36F3N3O2. The Labute approximate surface area is 227 Å². The molecule has 2 aromatic carbocycles. The first-order valence-corrected chi connectivity index (χ1v) is 14.2. The van der Waals surface area contributed by atoms with E-state index in [-0.39, 0.29) is 43.5 Å². The monoisotopic (exact) mass is 539 g/mol. The lowest BCUT2D eigenvalue weighted by atomic mass is 9.80. The Kier molecular flexibility index (Phi) is 7.57. The fourth-order valence-corrected chi connectivity index (χ4v) is 6.09. The highest BCUT2D eigenvalue weighted by molar-refractivity contribution is 6.46. The van der Waals surface area contributed by atoms with Crippen LogP contribution in [0.1, 0.15) is 104 Å². The highest BCUT2D eigenvalue weighted by Gasteiger charge is 2.54. The quantitative estimate of drug-likeness (QED) is 0.395. The van der Waals surface area contributed by atoms with Crippen molar-refractivity contribution in [2.24, 2.45) is 10.9 Å². The maximum atomic E-state index is 14.1. The van der Waals surface area contributed by atoms with E-state index in [2.05, 4.69) is 5.32 Å². The highest BCUT2D eigenvalue weighted by Crippen LogP contribution is 2.49. The van der Waals surface area contributed by atoms with Crippen molar-refractivity contribution in [1.29, 1.82) is 0 Å². The van der Waals surface area contributed by atoms with Crippen molar-refractivity contribution < 1.29 is 22.8 Å². The highest BCUT2D eigenvalue weighted by atomic mass is 19.4. The van der Waals surface area contributed by atoms with Gasteiger partial charge in [-0.25, -0.2) is 0 Å². The zero-order valence-electron chi connectivity index (χ0n) is 22.6. The second kappa shape index (κ2) is 10.8. The van der Waals surface area contributed by atoms with E-state index in [1.165, 1.54) is 18.4 Å². The minimum absolute atomic E-state index is 0.0579. The lowest BCUT2D eigenvalue weighted by Crippen LogP contribution is -2.51. The summed E-state index contributed by atoms with van der Waals surface area (Å²) < 4.78 is 40.7. The summed E-state index contributed by atoms with van der Waals surface area (Å²) in [5.41, 5.74) is 2.65. The SMILES string of the molecule is CCCNC(=O)c1ccc(C(CC)N2C(=O)C(c3ccc(C4CC4)cc3)=NC23CCC(C(F)(F)F)CC3)cc1. The molecule has 0 radical (unpaired) electrons. The van der Waals surface area contributed by atoms with Crippen molar-refractivity contribution in [3.05, 3.63) is 70.8 Å². The molecule has 5 rings (SSSR count). The van der Waals surface area contributed by atoms with Gasteiger partial charge < -0.3 is 10.2 Å². The summed E-state index contributed by atoms with van der Waals surface area (Å²) in [4.78, 5) is 33.2. The van der Waals surface area contributed by atoms with Crippen LogP contribution in [-0.4, -0.2) is 40.8 Å². The van der Waals surface area contributed by atoms with E-state index in [1.807, 2.05) is 50.2 Å². The van der Waals surface area contributed by atoms with Crippen LogP contribution in [-0.2, 0) is 4.79 Å². The third-order valence-electron chi connectivity index (χ3n) is 8.46. The van der Waals surface area contributed by atoms with Crippen molar-refractivity contribution in [2.75, 3.05) is 6.54 Å². The van der Waals surface area contributed by atoms with E-state index >= 15 is 0 Å². The van der Waals surface area contributed by atoms with Crippen LogP contribution in [0.25, 0.3) is 0 Å². The Bertz CT molecular complexity index is 1230. The number of nitrogens with one attached hydrogen (secondary N) is 1. The van der Waals surface area contributed by atoms with E-state index in [1.54, 1.807) is 17.0 Å². The van der Waals surface area contributed by atoms with Crippen LogP contribution < -0.4 is 5.32 Å². The van der Waals surface area contributed by atoms with E-state index in [9.17, 15) is 22.8 Å². The van der Waals surface area contributed by atoms with Crippen molar-refractivity contribution >= 4 is 17.5 Å². The van der Waals surface area contributed by atoms with Gasteiger partial charge in [0.1, 0.15) is 11.4 Å². The molecule has 2 fully saturated rings. The van der Waals surface area contributed by atoms with Gasteiger partial charge in [0.25, 0.3) is 11.8 Å². The molecule has 2 amide bonds. The first kappa shape index (κ1) is 27.4. The van der Waals surface area contributed by atoms with Gasteiger partial charge in [0, 0.05) is 17.7 Å². The third-order valence-corrected chi connectivity index (χ3v) is 8.46. The molecule has 1 aliphatic heterocycles. The summed E-state index contributed by atoms with van der Waals surface area (Å²) in [5, 5.41) is 2.86. The number of nitrogens with zero attached hydrogens (tertiary/aromatic N) is 2. The first-order chi connectivity index (χ1) is 18.7. The molecule has 3 aliphatic rings. The molecule has 2 aliphatic carbocycles. The first-order valence-electron chi connectivity index (χ1n) is 14.2. The molecule has 5 nitrogen and oxygen atoms in total. The smallest absolute Gasteiger partial charge is 0.352 e. The van der Waals surface area contributed by atoms with Gasteiger partial charge >= 0.3 is 6.18 Å². The predicted octanol–water partition coefficient (Wildman–Crippen LogP) is 6.94. The molecule has 1 heterocycles. The number of aliphatic imine (C=N–C) groups is 1. The van der Waals surface area contributed by atoms with Crippen LogP contribution in [0.2, 0.25) is 0 Å². The van der Waals surface area contributed by atoms with E-state index in [4.69, 9.17) is 4.99 Å². The average molecular weight is 540 g/mol. The molecule has 1 unspecified atom stereocenters. The Hall–Kier alpha value is -3.16. The van der Waals surface area contributed by atoms with E-state index in [0.717, 1.165) is 12.0 Å². The zero-order chi connectivity index (χ0) is 27.8. The summed E-state index contributed by atoms with van der Waals surface area (Å²) in [5.74, 6) is -1.19. The number of rotatable bonds is 8. The maximum Gasteiger partial charge on any atom is 0.391 e. The Morgan fingerprint density at radius 3 is 2.21 bits per heavy atom. The molecule has 1 atom stereocenters. The van der Waals surface area contributed by atoms with Gasteiger partial charge in [-0.05, 0) is 80.5 Å². The number of carbonyl (C=O) groups is 2. The van der Waals surface area contributed by atoms with Gasteiger partial charge in [-0.1, -0.05) is 50.2 Å². The molecule has 39 heavy (non-hydrogen) atoms. The summed E-state index contributed by atoms with van der Waals surface area (Å²) in [6, 6.07) is 14.7. The molecule has 208 valence electrons. The van der Waals surface area contributed by atoms with Gasteiger partial charge in [0.05, 0.1) is 12.0 Å². The van der Waals surface area contributed by atoms with Crippen LogP contribution in [0, 0.1) is 5.92 Å². The molecule has 2 aromatic rings. The molecule has 0 saturated heterocycles. The standard InChI is InChI=1S/C31H36F3N3O2/c1-3-19-35-28(38)24-13-9-22(10-14-24)26(4-2)37-29(39)27(23-11-7-21(8-12-23)20-5-6-20)36-30(37)17-15-25(16-18-30)31(32,33)34/h7-14,20,25-26H,3-6,15-19H2,1-2H3,(H,35,38). The van der Waals surface area contributed by atoms with Crippen LogP contribution in [0.4, 0.5) is 13.2 Å². The van der Waals surface area contributed by atoms with Crippen molar-refractivity contribution in [3.8, 4) is 0 Å². The Morgan fingerprint density at radius 1 is 1.03 bits per heavy atom. The number of hydrogen-bond donors (Lipinski definition) is 1. The summed E-state index contributed by atoms with van der Waals surface area (Å²) >= 11 is 0. The van der Waals surface area contributed by atoms with Crippen LogP contribution in [0.3, 0.4) is 0 Å². The third kappa shape index (κ3) is 5.48. The number of carbonyl (C=O) groups excluding carboxylic acids is 2. The van der Waals surface area contributed by atoms with Crippen molar-refractivity contribution in [2.45, 2.75) is 89.0 Å². The number of halogens is 3. The summed E-state index contributed by atoms with van der Waals surface area (Å²) in [6.07, 6.45) is -0.279. The largest absolute Gasteiger partial charge is 0.391 e. The molecule has 0 aromatic heterocycles. The van der Waals surface area contributed by atoms with Gasteiger partial charge in [-0.3, -0.25) is 14.6 Å². The molecule has 1 N–H and O–H groups in total. The zero-order valence-corrected chi connectivity index (χ0v) is 22.6. The normalized spacial score (nSPS) is 24.1. The van der Waals surface area contributed by atoms with Crippen molar-refractivity contribution in [3.63, 3.8) is 0 Å². The second-order valence-corrected chi connectivity index (χ2v) is 11.1. The lowest BCUT2D eigenvalue weighted by molar-refractivity contribution is -0.189. The Morgan fingerprint density at radius 2 is 1.67 bits per heavy atom. The fraction of sp³-hybridized carbons (Fsp3) is 0.516. The van der Waals surface area contributed by atoms with Crippen molar-refractivity contribution in [1.82, 2.24) is 10.2 Å². The van der Waals surface area contributed by atoms with Crippen LogP contribution >= 0.6 is 0 Å². The molecular weight excluding hydrogens is 503 g/mol. The van der Waals surface area contributed by atoms with E-state index in [0.29, 0.717) is 35.7 Å². The second-order valence-electron chi connectivity index (χ2n) is 11.1. The predicted molar refractivity (Wildman–Crippen MR) is 145 cm³/mol. The van der Waals surface area contributed by atoms with Gasteiger partial charge in [-0.15, -0.1) is 0 Å². The van der Waals surface area contributed by atoms with E-state index < -0.39 is 17.8 Å². The number of benzene rings is 2. The minimum atomic E-state index is -4.25. The summed E-state index contributed by atoms with van der Waals surface area (Å²) in [7, 11) is 0. The maximum absolute atomic E-state index is 14.1. The van der Waals surface area contributed by atoms with Crippen LogP contribution in [0.15, 0.2) is 53.5 Å².